The molecule has 4 nitrogen and oxygen atoms in total. The Kier molecular flexibility index (Phi) is 3.20. The van der Waals surface area contributed by atoms with Gasteiger partial charge >= 0.3 is 6.18 Å². The second-order valence-corrected chi connectivity index (χ2v) is 3.72. The highest BCUT2D eigenvalue weighted by atomic mass is 19.4. The van der Waals surface area contributed by atoms with Gasteiger partial charge in [0, 0.05) is 18.5 Å². The van der Waals surface area contributed by atoms with E-state index in [9.17, 15) is 23.3 Å². The quantitative estimate of drug-likeness (QED) is 0.616. The van der Waals surface area contributed by atoms with E-state index in [0.717, 1.165) is 6.07 Å². The van der Waals surface area contributed by atoms with Crippen molar-refractivity contribution in [3.8, 4) is 11.1 Å². The molecule has 1 heterocycles. The summed E-state index contributed by atoms with van der Waals surface area (Å²) in [6.45, 7) is 0. The summed E-state index contributed by atoms with van der Waals surface area (Å²) in [5.74, 6) is 0. The number of aromatic nitrogens is 1. The van der Waals surface area contributed by atoms with Crippen LogP contribution in [0, 0.1) is 10.1 Å². The number of pyridine rings is 1. The molecule has 2 aromatic rings. The first-order valence-corrected chi connectivity index (χ1v) is 5.15. The van der Waals surface area contributed by atoms with Crippen LogP contribution in [0.4, 0.5) is 18.9 Å². The number of alkyl halides is 3. The molecule has 1 aromatic heterocycles. The number of benzene rings is 1. The van der Waals surface area contributed by atoms with Crippen LogP contribution in [0.1, 0.15) is 5.56 Å². The van der Waals surface area contributed by atoms with Gasteiger partial charge < -0.3 is 0 Å². The number of halogens is 3. The average Bonchev–Trinajstić information content (AvgIpc) is 2.38. The molecule has 0 aliphatic rings. The molecule has 0 bridgehead atoms. The summed E-state index contributed by atoms with van der Waals surface area (Å²) in [6.07, 6.45) is -1.84. The largest absolute Gasteiger partial charge is 0.422 e. The SMILES string of the molecule is O=[N+]([O-])c1cc(-c2ccncc2)ccc1C(F)(F)F. The number of rotatable bonds is 2. The summed E-state index contributed by atoms with van der Waals surface area (Å²) < 4.78 is 37.9. The Labute approximate surface area is 105 Å². The molecule has 0 aliphatic carbocycles. The van der Waals surface area contributed by atoms with E-state index in [1.165, 1.54) is 18.5 Å². The minimum Gasteiger partial charge on any atom is -0.265 e. The minimum absolute atomic E-state index is 0.335. The number of nitro benzene ring substituents is 1. The first-order chi connectivity index (χ1) is 8.89. The zero-order valence-electron chi connectivity index (χ0n) is 9.39. The third-order valence-electron chi connectivity index (χ3n) is 2.51. The van der Waals surface area contributed by atoms with E-state index < -0.39 is 22.4 Å². The van der Waals surface area contributed by atoms with Crippen LogP contribution in [-0.2, 0) is 6.18 Å². The van der Waals surface area contributed by atoms with Crippen molar-refractivity contribution in [2.45, 2.75) is 6.18 Å². The van der Waals surface area contributed by atoms with Crippen molar-refractivity contribution >= 4 is 5.69 Å². The summed E-state index contributed by atoms with van der Waals surface area (Å²) >= 11 is 0. The Balaban J connectivity index is 2.58. The molecule has 1 aromatic carbocycles. The fraction of sp³-hybridized carbons (Fsp3) is 0.0833. The van der Waals surface area contributed by atoms with Crippen molar-refractivity contribution in [1.29, 1.82) is 0 Å². The molecular formula is C12H7F3N2O2. The summed E-state index contributed by atoms with van der Waals surface area (Å²) in [5.41, 5.74) is -1.31. The Morgan fingerprint density at radius 3 is 2.21 bits per heavy atom. The van der Waals surface area contributed by atoms with E-state index in [4.69, 9.17) is 0 Å². The molecule has 0 amide bonds. The lowest BCUT2D eigenvalue weighted by molar-refractivity contribution is -0.388. The topological polar surface area (TPSA) is 56.0 Å². The van der Waals surface area contributed by atoms with Crippen LogP contribution >= 0.6 is 0 Å². The van der Waals surface area contributed by atoms with Crippen molar-refractivity contribution in [3.05, 3.63) is 58.4 Å². The van der Waals surface area contributed by atoms with Gasteiger partial charge in [0.05, 0.1) is 4.92 Å². The van der Waals surface area contributed by atoms with Gasteiger partial charge in [-0.1, -0.05) is 6.07 Å². The second kappa shape index (κ2) is 4.68. The van der Waals surface area contributed by atoms with Gasteiger partial charge in [-0.25, -0.2) is 0 Å². The van der Waals surface area contributed by atoms with Gasteiger partial charge in [0.2, 0.25) is 0 Å². The maximum atomic E-state index is 12.6. The zero-order valence-corrected chi connectivity index (χ0v) is 9.39. The standard InChI is InChI=1S/C12H7F3N2O2/c13-12(14,15)10-2-1-9(7-11(10)17(18)19)8-3-5-16-6-4-8/h1-7H. The second-order valence-electron chi connectivity index (χ2n) is 3.72. The third-order valence-corrected chi connectivity index (χ3v) is 2.51. The smallest absolute Gasteiger partial charge is 0.265 e. The van der Waals surface area contributed by atoms with Crippen LogP contribution in [-0.4, -0.2) is 9.91 Å². The van der Waals surface area contributed by atoms with E-state index in [-0.39, 0.29) is 0 Å². The number of nitrogens with zero attached hydrogens (tertiary/aromatic N) is 2. The highest BCUT2D eigenvalue weighted by Gasteiger charge is 2.38. The number of nitro groups is 1. The highest BCUT2D eigenvalue weighted by molar-refractivity contribution is 5.67. The van der Waals surface area contributed by atoms with E-state index in [1.54, 1.807) is 12.1 Å². The zero-order chi connectivity index (χ0) is 14.0. The van der Waals surface area contributed by atoms with Crippen LogP contribution in [0.25, 0.3) is 11.1 Å². The molecule has 0 radical (unpaired) electrons. The maximum Gasteiger partial charge on any atom is 0.422 e. The van der Waals surface area contributed by atoms with Crippen molar-refractivity contribution in [2.24, 2.45) is 0 Å². The molecule has 0 N–H and O–H groups in total. The lowest BCUT2D eigenvalue weighted by Gasteiger charge is -2.09. The third kappa shape index (κ3) is 2.70. The summed E-state index contributed by atoms with van der Waals surface area (Å²) in [6, 6.07) is 5.95. The fourth-order valence-electron chi connectivity index (χ4n) is 1.65. The number of hydrogen-bond acceptors (Lipinski definition) is 3. The molecule has 0 spiro atoms. The van der Waals surface area contributed by atoms with Gasteiger partial charge in [0.15, 0.2) is 0 Å². The molecule has 0 unspecified atom stereocenters. The van der Waals surface area contributed by atoms with Crippen LogP contribution in [0.3, 0.4) is 0 Å². The van der Waals surface area contributed by atoms with Crippen LogP contribution < -0.4 is 0 Å². The molecule has 7 heteroatoms. The lowest BCUT2D eigenvalue weighted by Crippen LogP contribution is -2.08. The highest BCUT2D eigenvalue weighted by Crippen LogP contribution is 2.38. The predicted molar refractivity (Wildman–Crippen MR) is 61.3 cm³/mol. The fourth-order valence-corrected chi connectivity index (χ4v) is 1.65. The van der Waals surface area contributed by atoms with Gasteiger partial charge in [-0.15, -0.1) is 0 Å². The average molecular weight is 268 g/mol. The Morgan fingerprint density at radius 1 is 1.05 bits per heavy atom. The van der Waals surface area contributed by atoms with Crippen molar-refractivity contribution < 1.29 is 18.1 Å². The molecule has 98 valence electrons. The van der Waals surface area contributed by atoms with Crippen molar-refractivity contribution in [2.75, 3.05) is 0 Å². The Morgan fingerprint density at radius 2 is 1.68 bits per heavy atom. The van der Waals surface area contributed by atoms with Gasteiger partial charge in [0.1, 0.15) is 5.56 Å². The molecule has 0 aliphatic heterocycles. The molecule has 2 rings (SSSR count). The summed E-state index contributed by atoms with van der Waals surface area (Å²) in [5, 5.41) is 10.7. The molecule has 0 saturated carbocycles. The molecule has 0 fully saturated rings. The first kappa shape index (κ1) is 13.0. The summed E-state index contributed by atoms with van der Waals surface area (Å²) in [4.78, 5) is 13.5. The minimum atomic E-state index is -4.75. The maximum absolute atomic E-state index is 12.6. The van der Waals surface area contributed by atoms with Crippen LogP contribution in [0.2, 0.25) is 0 Å². The van der Waals surface area contributed by atoms with Gasteiger partial charge in [0.25, 0.3) is 5.69 Å². The van der Waals surface area contributed by atoms with Crippen molar-refractivity contribution in [3.63, 3.8) is 0 Å². The van der Waals surface area contributed by atoms with E-state index in [2.05, 4.69) is 4.98 Å². The van der Waals surface area contributed by atoms with Gasteiger partial charge in [-0.3, -0.25) is 15.1 Å². The monoisotopic (exact) mass is 268 g/mol. The van der Waals surface area contributed by atoms with Gasteiger partial charge in [-0.05, 0) is 29.3 Å². The number of hydrogen-bond donors (Lipinski definition) is 0. The van der Waals surface area contributed by atoms with Crippen LogP contribution in [0.5, 0.6) is 0 Å². The Bertz CT molecular complexity index is 612. The predicted octanol–water partition coefficient (Wildman–Crippen LogP) is 3.68. The van der Waals surface area contributed by atoms with Crippen LogP contribution in [0.15, 0.2) is 42.7 Å². The lowest BCUT2D eigenvalue weighted by atomic mass is 10.0. The Hall–Kier alpha value is -2.44. The van der Waals surface area contributed by atoms with Crippen molar-refractivity contribution in [1.82, 2.24) is 4.98 Å². The van der Waals surface area contributed by atoms with E-state index in [0.29, 0.717) is 17.2 Å². The summed E-state index contributed by atoms with van der Waals surface area (Å²) in [7, 11) is 0. The molecule has 0 saturated heterocycles. The van der Waals surface area contributed by atoms with E-state index >= 15 is 0 Å². The van der Waals surface area contributed by atoms with Gasteiger partial charge in [-0.2, -0.15) is 13.2 Å². The normalized spacial score (nSPS) is 11.3. The first-order valence-electron chi connectivity index (χ1n) is 5.15. The molecule has 0 atom stereocenters. The molecule has 19 heavy (non-hydrogen) atoms. The van der Waals surface area contributed by atoms with E-state index in [1.807, 2.05) is 0 Å². The molecular weight excluding hydrogens is 261 g/mol.